The number of aliphatic carboxylic acids is 1. The average Bonchev–Trinajstić information content (AvgIpc) is 2.60. The molecule has 0 heterocycles. The number of rotatable bonds is 7. The van der Waals surface area contributed by atoms with Gasteiger partial charge in [-0.05, 0) is 35.9 Å². The Hall–Kier alpha value is -3.59. The third-order valence-corrected chi connectivity index (χ3v) is 3.15. The normalized spacial score (nSPS) is 10.6. The second-order valence-corrected chi connectivity index (χ2v) is 5.05. The third kappa shape index (κ3) is 5.84. The quantitative estimate of drug-likeness (QED) is 0.598. The number of amides is 1. The Kier molecular flexibility index (Phi) is 6.32. The highest BCUT2D eigenvalue weighted by Gasteiger charge is 2.09. The molecule has 2 aromatic carbocycles. The summed E-state index contributed by atoms with van der Waals surface area (Å²) in [5.41, 5.74) is 1.15. The van der Waals surface area contributed by atoms with Gasteiger partial charge >= 0.3 is 5.97 Å². The Balaban J connectivity index is 2.09. The molecule has 0 unspecified atom stereocenters. The summed E-state index contributed by atoms with van der Waals surface area (Å²) < 4.78 is 5.34. The van der Waals surface area contributed by atoms with Gasteiger partial charge in [0.2, 0.25) is 0 Å². The Labute approximate surface area is 145 Å². The fourth-order valence-electron chi connectivity index (χ4n) is 1.99. The minimum Gasteiger partial charge on any atom is -0.493 e. The van der Waals surface area contributed by atoms with Crippen molar-refractivity contribution >= 4 is 23.6 Å². The second kappa shape index (κ2) is 8.89. The average molecular weight is 336 g/mol. The molecule has 0 radical (unpaired) electrons. The first kappa shape index (κ1) is 17.8. The summed E-state index contributed by atoms with van der Waals surface area (Å²) in [7, 11) is 0. The number of nitriles is 1. The number of nitrogens with one attached hydrogen (secondary N) is 1. The highest BCUT2D eigenvalue weighted by molar-refractivity contribution is 6.09. The molecule has 0 aliphatic carbocycles. The van der Waals surface area contributed by atoms with Gasteiger partial charge in [0.15, 0.2) is 0 Å². The molecule has 0 bridgehead atoms. The van der Waals surface area contributed by atoms with E-state index in [0.29, 0.717) is 17.0 Å². The van der Waals surface area contributed by atoms with Gasteiger partial charge in [-0.3, -0.25) is 9.59 Å². The van der Waals surface area contributed by atoms with Gasteiger partial charge < -0.3 is 15.2 Å². The summed E-state index contributed by atoms with van der Waals surface area (Å²) in [6, 6.07) is 17.4. The lowest BCUT2D eigenvalue weighted by Gasteiger charge is -2.06. The maximum absolute atomic E-state index is 12.2. The number of hydrogen-bond donors (Lipinski definition) is 2. The Morgan fingerprint density at radius 2 is 1.92 bits per heavy atom. The number of benzene rings is 2. The predicted octanol–water partition coefficient (Wildman–Crippen LogP) is 3.09. The van der Waals surface area contributed by atoms with Crippen molar-refractivity contribution in [2.45, 2.75) is 6.42 Å². The molecule has 25 heavy (non-hydrogen) atoms. The van der Waals surface area contributed by atoms with E-state index < -0.39 is 11.9 Å². The van der Waals surface area contributed by atoms with E-state index in [1.807, 2.05) is 12.1 Å². The first-order valence-electron chi connectivity index (χ1n) is 7.51. The van der Waals surface area contributed by atoms with Crippen molar-refractivity contribution < 1.29 is 19.4 Å². The molecule has 126 valence electrons. The monoisotopic (exact) mass is 336 g/mol. The van der Waals surface area contributed by atoms with Crippen LogP contribution in [-0.2, 0) is 9.59 Å². The Morgan fingerprint density at radius 1 is 1.16 bits per heavy atom. The molecule has 0 aliphatic rings. The molecule has 2 aromatic rings. The number of ether oxygens (including phenoxy) is 1. The van der Waals surface area contributed by atoms with Crippen molar-refractivity contribution in [3.63, 3.8) is 0 Å². The van der Waals surface area contributed by atoms with Crippen molar-refractivity contribution in [3.05, 3.63) is 65.7 Å². The molecule has 0 aliphatic heterocycles. The minimum absolute atomic E-state index is 0.0438. The van der Waals surface area contributed by atoms with Crippen LogP contribution in [0.15, 0.2) is 60.2 Å². The Morgan fingerprint density at radius 3 is 2.60 bits per heavy atom. The molecule has 2 N–H and O–H groups in total. The third-order valence-electron chi connectivity index (χ3n) is 3.15. The topological polar surface area (TPSA) is 99.4 Å². The lowest BCUT2D eigenvalue weighted by molar-refractivity contribution is -0.137. The number of para-hydroxylation sites is 1. The van der Waals surface area contributed by atoms with Crippen LogP contribution in [0.5, 0.6) is 5.75 Å². The molecule has 6 nitrogen and oxygen atoms in total. The largest absolute Gasteiger partial charge is 0.493 e. The number of anilines is 1. The van der Waals surface area contributed by atoms with Gasteiger partial charge in [0.25, 0.3) is 5.91 Å². The maximum atomic E-state index is 12.2. The fraction of sp³-hybridized carbons (Fsp3) is 0.105. The van der Waals surface area contributed by atoms with Crippen LogP contribution < -0.4 is 10.1 Å². The van der Waals surface area contributed by atoms with Gasteiger partial charge in [0, 0.05) is 5.69 Å². The smallest absolute Gasteiger partial charge is 0.306 e. The van der Waals surface area contributed by atoms with Crippen LogP contribution in [0.4, 0.5) is 5.69 Å². The summed E-state index contributed by atoms with van der Waals surface area (Å²) in [6.07, 6.45) is 1.34. The van der Waals surface area contributed by atoms with E-state index in [1.54, 1.807) is 48.5 Å². The second-order valence-electron chi connectivity index (χ2n) is 5.05. The van der Waals surface area contributed by atoms with Crippen molar-refractivity contribution in [1.29, 1.82) is 5.26 Å². The van der Waals surface area contributed by atoms with Crippen LogP contribution in [0.3, 0.4) is 0 Å². The zero-order valence-corrected chi connectivity index (χ0v) is 13.3. The molecule has 0 aromatic heterocycles. The van der Waals surface area contributed by atoms with Crippen LogP contribution in [0, 0.1) is 11.3 Å². The van der Waals surface area contributed by atoms with Crippen LogP contribution >= 0.6 is 0 Å². The minimum atomic E-state index is -0.944. The summed E-state index contributed by atoms with van der Waals surface area (Å²) in [6.45, 7) is 0.0438. The summed E-state index contributed by atoms with van der Waals surface area (Å²) in [5.74, 6) is -0.984. The summed E-state index contributed by atoms with van der Waals surface area (Å²) >= 11 is 0. The van der Waals surface area contributed by atoms with E-state index in [1.165, 1.54) is 6.08 Å². The number of carboxylic acid groups (broad SMARTS) is 1. The van der Waals surface area contributed by atoms with Gasteiger partial charge in [-0.15, -0.1) is 0 Å². The number of carboxylic acids is 1. The van der Waals surface area contributed by atoms with Crippen molar-refractivity contribution in [2.75, 3.05) is 11.9 Å². The maximum Gasteiger partial charge on any atom is 0.306 e. The van der Waals surface area contributed by atoms with Crippen molar-refractivity contribution in [2.24, 2.45) is 0 Å². The SMILES string of the molecule is N#CC(=Cc1cccc(OCCC(=O)O)c1)C(=O)Nc1ccccc1. The van der Waals surface area contributed by atoms with Gasteiger partial charge in [0.05, 0.1) is 13.0 Å². The standard InChI is InChI=1S/C19H16N2O4/c20-13-15(19(24)21-16-6-2-1-3-7-16)11-14-5-4-8-17(12-14)25-10-9-18(22)23/h1-8,11-12H,9-10H2,(H,21,24)(H,22,23). The lowest BCUT2D eigenvalue weighted by Crippen LogP contribution is -2.13. The van der Waals surface area contributed by atoms with E-state index >= 15 is 0 Å². The Bertz CT molecular complexity index is 823. The van der Waals surface area contributed by atoms with E-state index in [4.69, 9.17) is 9.84 Å². The summed E-state index contributed by atoms with van der Waals surface area (Å²) in [4.78, 5) is 22.7. The van der Waals surface area contributed by atoms with Crippen LogP contribution in [0.25, 0.3) is 6.08 Å². The predicted molar refractivity (Wildman–Crippen MR) is 92.9 cm³/mol. The summed E-state index contributed by atoms with van der Waals surface area (Å²) in [5, 5.41) is 20.5. The highest BCUT2D eigenvalue weighted by atomic mass is 16.5. The highest BCUT2D eigenvalue weighted by Crippen LogP contribution is 2.17. The van der Waals surface area contributed by atoms with Crippen molar-refractivity contribution in [3.8, 4) is 11.8 Å². The molecule has 2 rings (SSSR count). The van der Waals surface area contributed by atoms with Crippen LogP contribution in [0.2, 0.25) is 0 Å². The van der Waals surface area contributed by atoms with Gasteiger partial charge in [-0.2, -0.15) is 5.26 Å². The molecule has 0 spiro atoms. The zero-order chi connectivity index (χ0) is 18.1. The molecule has 0 atom stereocenters. The molecule has 6 heteroatoms. The van der Waals surface area contributed by atoms with Crippen molar-refractivity contribution in [1.82, 2.24) is 0 Å². The van der Waals surface area contributed by atoms with E-state index in [0.717, 1.165) is 0 Å². The molecule has 0 saturated heterocycles. The first-order valence-corrected chi connectivity index (χ1v) is 7.51. The van der Waals surface area contributed by atoms with E-state index in [-0.39, 0.29) is 18.6 Å². The number of carbonyl (C=O) groups is 2. The molecule has 0 saturated carbocycles. The van der Waals surface area contributed by atoms with Gasteiger partial charge in [-0.1, -0.05) is 30.3 Å². The van der Waals surface area contributed by atoms with Crippen LogP contribution in [0.1, 0.15) is 12.0 Å². The zero-order valence-electron chi connectivity index (χ0n) is 13.3. The molecular weight excluding hydrogens is 320 g/mol. The first-order chi connectivity index (χ1) is 12.1. The number of hydrogen-bond acceptors (Lipinski definition) is 4. The van der Waals surface area contributed by atoms with Gasteiger partial charge in [-0.25, -0.2) is 0 Å². The van der Waals surface area contributed by atoms with Gasteiger partial charge in [0.1, 0.15) is 17.4 Å². The van der Waals surface area contributed by atoms with E-state index in [9.17, 15) is 14.9 Å². The fourth-order valence-corrected chi connectivity index (χ4v) is 1.99. The number of nitrogens with zero attached hydrogens (tertiary/aromatic N) is 1. The molecule has 0 fully saturated rings. The molecular formula is C19H16N2O4. The van der Waals surface area contributed by atoms with Crippen LogP contribution in [-0.4, -0.2) is 23.6 Å². The lowest BCUT2D eigenvalue weighted by atomic mass is 10.1. The molecule has 1 amide bonds. The number of carbonyl (C=O) groups excluding carboxylic acids is 1. The van der Waals surface area contributed by atoms with E-state index in [2.05, 4.69) is 5.32 Å².